The maximum Gasteiger partial charge on any atom is 0.326 e. The quantitative estimate of drug-likeness (QED) is 0.897. The molecular formula is C15H21N3O2. The fourth-order valence-corrected chi connectivity index (χ4v) is 3.09. The fourth-order valence-electron chi connectivity index (χ4n) is 3.09. The van der Waals surface area contributed by atoms with Crippen LogP contribution >= 0.6 is 0 Å². The zero-order valence-corrected chi connectivity index (χ0v) is 11.8. The van der Waals surface area contributed by atoms with Crippen molar-refractivity contribution in [2.45, 2.75) is 26.3 Å². The number of aromatic amines is 1. The summed E-state index contributed by atoms with van der Waals surface area (Å²) >= 11 is 0. The summed E-state index contributed by atoms with van der Waals surface area (Å²) in [6.07, 6.45) is 2.26. The van der Waals surface area contributed by atoms with Crippen molar-refractivity contribution in [2.75, 3.05) is 19.6 Å². The molecule has 0 bridgehead atoms. The van der Waals surface area contributed by atoms with Gasteiger partial charge in [-0.1, -0.05) is 13.0 Å². The molecule has 1 fully saturated rings. The highest BCUT2D eigenvalue weighted by Gasteiger charge is 2.20. The molecule has 1 saturated heterocycles. The van der Waals surface area contributed by atoms with Gasteiger partial charge in [-0.3, -0.25) is 4.57 Å². The van der Waals surface area contributed by atoms with Crippen LogP contribution in [0.2, 0.25) is 0 Å². The Labute approximate surface area is 117 Å². The number of phenolic OH excluding ortho intramolecular Hbond substituents is 1. The largest absolute Gasteiger partial charge is 0.506 e. The number of hydrogen-bond acceptors (Lipinski definition) is 3. The average Bonchev–Trinajstić information content (AvgIpc) is 2.78. The number of benzene rings is 1. The lowest BCUT2D eigenvalue weighted by molar-refractivity contribution is 0.181. The molecule has 0 spiro atoms. The molecule has 1 aliphatic heterocycles. The zero-order chi connectivity index (χ0) is 14.1. The van der Waals surface area contributed by atoms with E-state index in [1.54, 1.807) is 16.7 Å². The highest BCUT2D eigenvalue weighted by atomic mass is 16.3. The molecule has 20 heavy (non-hydrogen) atoms. The van der Waals surface area contributed by atoms with E-state index in [4.69, 9.17) is 0 Å². The van der Waals surface area contributed by atoms with Gasteiger partial charge >= 0.3 is 5.69 Å². The number of nitrogens with zero attached hydrogens (tertiary/aromatic N) is 2. The number of H-pyrrole nitrogens is 1. The summed E-state index contributed by atoms with van der Waals surface area (Å²) in [6, 6.07) is 5.26. The molecule has 5 nitrogen and oxygen atoms in total. The lowest BCUT2D eigenvalue weighted by atomic mass is 9.96. The SMILES string of the molecule is CCN1CCC(Cn2c(=O)[nH]c3c(O)cccc32)CC1. The Kier molecular flexibility index (Phi) is 3.53. The minimum Gasteiger partial charge on any atom is -0.506 e. The Morgan fingerprint density at radius 1 is 1.35 bits per heavy atom. The molecule has 0 unspecified atom stereocenters. The van der Waals surface area contributed by atoms with Crippen molar-refractivity contribution in [1.29, 1.82) is 0 Å². The van der Waals surface area contributed by atoms with Crippen LogP contribution in [0, 0.1) is 5.92 Å². The molecule has 1 aliphatic rings. The molecule has 1 aromatic carbocycles. The van der Waals surface area contributed by atoms with E-state index in [1.807, 2.05) is 6.07 Å². The molecular weight excluding hydrogens is 254 g/mol. The molecule has 3 rings (SSSR count). The van der Waals surface area contributed by atoms with Crippen molar-refractivity contribution >= 4 is 11.0 Å². The Hall–Kier alpha value is -1.75. The Bertz CT molecular complexity index is 651. The number of para-hydroxylation sites is 1. The first kappa shape index (κ1) is 13.2. The summed E-state index contributed by atoms with van der Waals surface area (Å²) in [5.41, 5.74) is 1.22. The molecule has 2 aromatic rings. The summed E-state index contributed by atoms with van der Waals surface area (Å²) in [7, 11) is 0. The van der Waals surface area contributed by atoms with Gasteiger partial charge in [0.15, 0.2) is 0 Å². The second-order valence-corrected chi connectivity index (χ2v) is 5.59. The first-order valence-electron chi connectivity index (χ1n) is 7.32. The van der Waals surface area contributed by atoms with Crippen molar-refractivity contribution < 1.29 is 5.11 Å². The molecule has 0 amide bonds. The summed E-state index contributed by atoms with van der Waals surface area (Å²) in [6.45, 7) is 6.26. The maximum atomic E-state index is 12.1. The van der Waals surface area contributed by atoms with E-state index >= 15 is 0 Å². The van der Waals surface area contributed by atoms with Gasteiger partial charge in [-0.2, -0.15) is 0 Å². The number of aromatic nitrogens is 2. The van der Waals surface area contributed by atoms with Gasteiger partial charge < -0.3 is 15.0 Å². The summed E-state index contributed by atoms with van der Waals surface area (Å²) < 4.78 is 1.77. The number of likely N-dealkylation sites (tertiary alicyclic amines) is 1. The minimum atomic E-state index is -0.126. The molecule has 0 radical (unpaired) electrons. The summed E-state index contributed by atoms with van der Waals surface area (Å²) in [5, 5.41) is 9.79. The van der Waals surface area contributed by atoms with Crippen molar-refractivity contribution in [3.8, 4) is 5.75 Å². The van der Waals surface area contributed by atoms with Crippen LogP contribution in [0.5, 0.6) is 5.75 Å². The van der Waals surface area contributed by atoms with Crippen LogP contribution in [0.3, 0.4) is 0 Å². The third-order valence-electron chi connectivity index (χ3n) is 4.38. The van der Waals surface area contributed by atoms with Crippen LogP contribution in [0.25, 0.3) is 11.0 Å². The van der Waals surface area contributed by atoms with Gasteiger partial charge in [0, 0.05) is 6.54 Å². The Morgan fingerprint density at radius 2 is 2.10 bits per heavy atom. The van der Waals surface area contributed by atoms with E-state index < -0.39 is 0 Å². The summed E-state index contributed by atoms with van der Waals surface area (Å²) in [4.78, 5) is 17.3. The van der Waals surface area contributed by atoms with Crippen LogP contribution in [-0.2, 0) is 6.54 Å². The highest BCUT2D eigenvalue weighted by Crippen LogP contribution is 2.24. The second-order valence-electron chi connectivity index (χ2n) is 5.59. The fraction of sp³-hybridized carbons (Fsp3) is 0.533. The highest BCUT2D eigenvalue weighted by molar-refractivity contribution is 5.81. The van der Waals surface area contributed by atoms with E-state index in [0.717, 1.165) is 44.5 Å². The number of fused-ring (bicyclic) bond motifs is 1. The third-order valence-corrected chi connectivity index (χ3v) is 4.38. The van der Waals surface area contributed by atoms with Crippen LogP contribution in [0.4, 0.5) is 0 Å². The molecule has 5 heteroatoms. The van der Waals surface area contributed by atoms with Crippen LogP contribution in [0.15, 0.2) is 23.0 Å². The number of rotatable bonds is 3. The van der Waals surface area contributed by atoms with Crippen molar-refractivity contribution in [3.05, 3.63) is 28.7 Å². The zero-order valence-electron chi connectivity index (χ0n) is 11.8. The third kappa shape index (κ3) is 2.33. The van der Waals surface area contributed by atoms with Crippen molar-refractivity contribution in [1.82, 2.24) is 14.5 Å². The first-order valence-corrected chi connectivity index (χ1v) is 7.32. The van der Waals surface area contributed by atoms with Crippen LogP contribution in [0.1, 0.15) is 19.8 Å². The predicted molar refractivity (Wildman–Crippen MR) is 79.1 cm³/mol. The lowest BCUT2D eigenvalue weighted by Crippen LogP contribution is -2.35. The molecule has 2 heterocycles. The number of nitrogens with one attached hydrogen (secondary N) is 1. The number of phenols is 1. The number of piperidine rings is 1. The monoisotopic (exact) mass is 275 g/mol. The van der Waals surface area contributed by atoms with Crippen molar-refractivity contribution in [2.24, 2.45) is 5.92 Å². The predicted octanol–water partition coefficient (Wildman–Crippen LogP) is 1.77. The van der Waals surface area contributed by atoms with E-state index in [9.17, 15) is 9.90 Å². The van der Waals surface area contributed by atoms with Gasteiger partial charge in [-0.05, 0) is 50.5 Å². The van der Waals surface area contributed by atoms with Gasteiger partial charge in [-0.25, -0.2) is 4.79 Å². The molecule has 2 N–H and O–H groups in total. The normalized spacial score (nSPS) is 17.9. The minimum absolute atomic E-state index is 0.126. The first-order chi connectivity index (χ1) is 9.69. The van der Waals surface area contributed by atoms with Gasteiger partial charge in [0.2, 0.25) is 0 Å². The Balaban J connectivity index is 1.83. The van der Waals surface area contributed by atoms with Crippen molar-refractivity contribution in [3.63, 3.8) is 0 Å². The topological polar surface area (TPSA) is 61.3 Å². The number of imidazole rings is 1. The summed E-state index contributed by atoms with van der Waals surface area (Å²) in [5.74, 6) is 0.677. The van der Waals surface area contributed by atoms with E-state index in [0.29, 0.717) is 11.4 Å². The Morgan fingerprint density at radius 3 is 2.80 bits per heavy atom. The molecule has 1 aromatic heterocycles. The van der Waals surface area contributed by atoms with Crippen LogP contribution in [-0.4, -0.2) is 39.2 Å². The molecule has 0 saturated carbocycles. The maximum absolute atomic E-state index is 12.1. The smallest absolute Gasteiger partial charge is 0.326 e. The van der Waals surface area contributed by atoms with Crippen LogP contribution < -0.4 is 5.69 Å². The molecule has 108 valence electrons. The van der Waals surface area contributed by atoms with Gasteiger partial charge in [0.25, 0.3) is 0 Å². The average molecular weight is 275 g/mol. The van der Waals surface area contributed by atoms with E-state index in [1.165, 1.54) is 0 Å². The molecule has 0 aliphatic carbocycles. The number of hydrogen-bond donors (Lipinski definition) is 2. The van der Waals surface area contributed by atoms with E-state index in [2.05, 4.69) is 16.8 Å². The van der Waals surface area contributed by atoms with E-state index in [-0.39, 0.29) is 11.4 Å². The van der Waals surface area contributed by atoms with Gasteiger partial charge in [0.05, 0.1) is 5.52 Å². The standard InChI is InChI=1S/C15H21N3O2/c1-2-17-8-6-11(7-9-17)10-18-12-4-3-5-13(19)14(12)16-15(18)20/h3-5,11,19H,2,6-10H2,1H3,(H,16,20). The second kappa shape index (κ2) is 5.32. The number of aromatic hydroxyl groups is 1. The lowest BCUT2D eigenvalue weighted by Gasteiger charge is -2.31. The molecule has 0 atom stereocenters. The van der Waals surface area contributed by atoms with Gasteiger partial charge in [-0.15, -0.1) is 0 Å². The van der Waals surface area contributed by atoms with Gasteiger partial charge in [0.1, 0.15) is 11.3 Å².